The van der Waals surface area contributed by atoms with Crippen LogP contribution >= 0.6 is 0 Å². The standard InChI is InChI=1S/C17H27N3O4S/c1-19(13-15-5-4-6-16(11-15)24-2)17(21)18-12-14-7-9-20(10-8-14)25(3,22)23/h4-6,11,14H,7-10,12-13H2,1-3H3,(H,18,21). The number of benzene rings is 1. The number of nitrogens with one attached hydrogen (secondary N) is 1. The van der Waals surface area contributed by atoms with Crippen LogP contribution in [0.2, 0.25) is 0 Å². The Hall–Kier alpha value is -1.80. The molecule has 0 aliphatic carbocycles. The molecule has 0 unspecified atom stereocenters. The predicted molar refractivity (Wildman–Crippen MR) is 97.0 cm³/mol. The van der Waals surface area contributed by atoms with Crippen LogP contribution in [-0.2, 0) is 16.6 Å². The summed E-state index contributed by atoms with van der Waals surface area (Å²) in [4.78, 5) is 13.9. The number of piperidine rings is 1. The van der Waals surface area contributed by atoms with Gasteiger partial charge in [-0.1, -0.05) is 12.1 Å². The molecule has 0 spiro atoms. The minimum atomic E-state index is -3.11. The first-order valence-electron chi connectivity index (χ1n) is 8.36. The van der Waals surface area contributed by atoms with Gasteiger partial charge in [-0.3, -0.25) is 0 Å². The fourth-order valence-corrected chi connectivity index (χ4v) is 3.80. The summed E-state index contributed by atoms with van der Waals surface area (Å²) >= 11 is 0. The maximum Gasteiger partial charge on any atom is 0.317 e. The van der Waals surface area contributed by atoms with Gasteiger partial charge in [-0.05, 0) is 36.5 Å². The normalized spacial score (nSPS) is 16.4. The number of hydrogen-bond acceptors (Lipinski definition) is 4. The first kappa shape index (κ1) is 19.5. The van der Waals surface area contributed by atoms with E-state index < -0.39 is 10.0 Å². The highest BCUT2D eigenvalue weighted by Gasteiger charge is 2.25. The summed E-state index contributed by atoms with van der Waals surface area (Å²) in [5, 5.41) is 2.94. The Kier molecular flexibility index (Phi) is 6.66. The second kappa shape index (κ2) is 8.53. The molecule has 7 nitrogen and oxygen atoms in total. The van der Waals surface area contributed by atoms with Gasteiger partial charge in [0.25, 0.3) is 0 Å². The Bertz CT molecular complexity index is 685. The number of carbonyl (C=O) groups is 1. The van der Waals surface area contributed by atoms with Crippen molar-refractivity contribution in [3.63, 3.8) is 0 Å². The molecule has 1 N–H and O–H groups in total. The third-order valence-electron chi connectivity index (χ3n) is 4.49. The highest BCUT2D eigenvalue weighted by atomic mass is 32.2. The molecule has 2 amide bonds. The van der Waals surface area contributed by atoms with E-state index in [2.05, 4.69) is 5.32 Å². The maximum atomic E-state index is 12.2. The van der Waals surface area contributed by atoms with Gasteiger partial charge < -0.3 is 15.0 Å². The lowest BCUT2D eigenvalue weighted by Crippen LogP contribution is -2.43. The van der Waals surface area contributed by atoms with Crippen LogP contribution in [0.1, 0.15) is 18.4 Å². The molecule has 0 bridgehead atoms. The molecular weight excluding hydrogens is 342 g/mol. The topological polar surface area (TPSA) is 79.0 Å². The largest absolute Gasteiger partial charge is 0.497 e. The van der Waals surface area contributed by atoms with Gasteiger partial charge in [-0.15, -0.1) is 0 Å². The fourth-order valence-electron chi connectivity index (χ4n) is 2.93. The van der Waals surface area contributed by atoms with Crippen molar-refractivity contribution in [2.75, 3.05) is 40.0 Å². The smallest absolute Gasteiger partial charge is 0.317 e. The first-order valence-corrected chi connectivity index (χ1v) is 10.2. The van der Waals surface area contributed by atoms with E-state index in [0.717, 1.165) is 24.2 Å². The Balaban J connectivity index is 1.76. The van der Waals surface area contributed by atoms with Gasteiger partial charge in [-0.25, -0.2) is 17.5 Å². The van der Waals surface area contributed by atoms with E-state index in [1.54, 1.807) is 19.1 Å². The molecule has 1 aromatic rings. The minimum Gasteiger partial charge on any atom is -0.497 e. The van der Waals surface area contributed by atoms with Crippen LogP contribution < -0.4 is 10.1 Å². The molecule has 0 saturated carbocycles. The molecule has 0 radical (unpaired) electrons. The molecule has 1 aliphatic heterocycles. The predicted octanol–water partition coefficient (Wildman–Crippen LogP) is 1.51. The molecule has 140 valence electrons. The zero-order valence-electron chi connectivity index (χ0n) is 15.1. The van der Waals surface area contributed by atoms with Crippen LogP contribution in [0.4, 0.5) is 4.79 Å². The summed E-state index contributed by atoms with van der Waals surface area (Å²) in [6.45, 7) is 2.12. The third kappa shape index (κ3) is 5.89. The number of nitrogens with zero attached hydrogens (tertiary/aromatic N) is 2. The molecular formula is C17H27N3O4S. The van der Waals surface area contributed by atoms with Crippen molar-refractivity contribution >= 4 is 16.1 Å². The van der Waals surface area contributed by atoms with Gasteiger partial charge in [0, 0.05) is 33.2 Å². The van der Waals surface area contributed by atoms with Crippen molar-refractivity contribution in [2.45, 2.75) is 19.4 Å². The number of urea groups is 1. The Labute approximate surface area is 150 Å². The van der Waals surface area contributed by atoms with Gasteiger partial charge in [0.1, 0.15) is 5.75 Å². The zero-order valence-corrected chi connectivity index (χ0v) is 15.9. The van der Waals surface area contributed by atoms with Crippen LogP contribution in [0, 0.1) is 5.92 Å². The van der Waals surface area contributed by atoms with Crippen LogP contribution in [-0.4, -0.2) is 63.7 Å². The van der Waals surface area contributed by atoms with Crippen LogP contribution in [0.25, 0.3) is 0 Å². The molecule has 0 aromatic heterocycles. The molecule has 1 fully saturated rings. The molecule has 1 saturated heterocycles. The van der Waals surface area contributed by atoms with E-state index in [1.807, 2.05) is 24.3 Å². The summed E-state index contributed by atoms with van der Waals surface area (Å²) in [7, 11) is 0.260. The van der Waals surface area contributed by atoms with E-state index >= 15 is 0 Å². The number of sulfonamides is 1. The molecule has 1 aliphatic rings. The third-order valence-corrected chi connectivity index (χ3v) is 5.79. The lowest BCUT2D eigenvalue weighted by Gasteiger charge is -2.30. The lowest BCUT2D eigenvalue weighted by molar-refractivity contribution is 0.200. The van der Waals surface area contributed by atoms with Crippen molar-refractivity contribution in [2.24, 2.45) is 5.92 Å². The van der Waals surface area contributed by atoms with Crippen molar-refractivity contribution in [1.82, 2.24) is 14.5 Å². The van der Waals surface area contributed by atoms with Crippen molar-refractivity contribution in [3.05, 3.63) is 29.8 Å². The number of amides is 2. The van der Waals surface area contributed by atoms with E-state index in [0.29, 0.717) is 32.1 Å². The number of rotatable bonds is 6. The number of carbonyl (C=O) groups excluding carboxylic acids is 1. The van der Waals surface area contributed by atoms with Crippen LogP contribution in [0.3, 0.4) is 0 Å². The molecule has 8 heteroatoms. The second-order valence-corrected chi connectivity index (χ2v) is 8.48. The quantitative estimate of drug-likeness (QED) is 0.824. The lowest BCUT2D eigenvalue weighted by atomic mass is 9.98. The van der Waals surface area contributed by atoms with Crippen LogP contribution in [0.15, 0.2) is 24.3 Å². The Morgan fingerprint density at radius 2 is 2.04 bits per heavy atom. The van der Waals surface area contributed by atoms with Crippen molar-refractivity contribution in [3.8, 4) is 5.75 Å². The summed E-state index contributed by atoms with van der Waals surface area (Å²) < 4.78 is 29.7. The summed E-state index contributed by atoms with van der Waals surface area (Å²) in [6.07, 6.45) is 2.78. The van der Waals surface area contributed by atoms with E-state index in [1.165, 1.54) is 10.6 Å². The molecule has 0 atom stereocenters. The molecule has 25 heavy (non-hydrogen) atoms. The number of hydrogen-bond donors (Lipinski definition) is 1. The zero-order chi connectivity index (χ0) is 18.4. The van der Waals surface area contributed by atoms with Crippen LogP contribution in [0.5, 0.6) is 5.75 Å². The molecule has 2 rings (SSSR count). The van der Waals surface area contributed by atoms with Gasteiger partial charge in [-0.2, -0.15) is 0 Å². The van der Waals surface area contributed by atoms with Crippen molar-refractivity contribution in [1.29, 1.82) is 0 Å². The van der Waals surface area contributed by atoms with E-state index in [4.69, 9.17) is 4.74 Å². The van der Waals surface area contributed by atoms with Gasteiger partial charge in [0.15, 0.2) is 0 Å². The number of methoxy groups -OCH3 is 1. The number of ether oxygens (including phenoxy) is 1. The van der Waals surface area contributed by atoms with E-state index in [9.17, 15) is 13.2 Å². The average Bonchev–Trinajstić information content (AvgIpc) is 2.59. The molecule has 1 heterocycles. The Morgan fingerprint density at radius 1 is 1.36 bits per heavy atom. The average molecular weight is 369 g/mol. The maximum absolute atomic E-state index is 12.2. The summed E-state index contributed by atoms with van der Waals surface area (Å²) in [5.41, 5.74) is 0.999. The highest BCUT2D eigenvalue weighted by Crippen LogP contribution is 2.18. The van der Waals surface area contributed by atoms with Crippen molar-refractivity contribution < 1.29 is 17.9 Å². The SMILES string of the molecule is COc1cccc(CN(C)C(=O)NCC2CCN(S(C)(=O)=O)CC2)c1. The Morgan fingerprint density at radius 3 is 2.64 bits per heavy atom. The van der Waals surface area contributed by atoms with Gasteiger partial charge in [0.2, 0.25) is 10.0 Å². The first-order chi connectivity index (χ1) is 11.8. The summed E-state index contributed by atoms with van der Waals surface area (Å²) in [6, 6.07) is 7.49. The van der Waals surface area contributed by atoms with Gasteiger partial charge >= 0.3 is 6.03 Å². The molecule has 1 aromatic carbocycles. The minimum absolute atomic E-state index is 0.131. The second-order valence-electron chi connectivity index (χ2n) is 6.50. The summed E-state index contributed by atoms with van der Waals surface area (Å²) in [5.74, 6) is 1.08. The highest BCUT2D eigenvalue weighted by molar-refractivity contribution is 7.88. The van der Waals surface area contributed by atoms with Gasteiger partial charge in [0.05, 0.1) is 13.4 Å². The van der Waals surface area contributed by atoms with E-state index in [-0.39, 0.29) is 6.03 Å². The fraction of sp³-hybridized carbons (Fsp3) is 0.588. The monoisotopic (exact) mass is 369 g/mol.